The summed E-state index contributed by atoms with van der Waals surface area (Å²) in [5.41, 5.74) is 1.55. The molecule has 1 unspecified atom stereocenters. The zero-order valence-corrected chi connectivity index (χ0v) is 41.6. The molecule has 0 radical (unpaired) electrons. The Morgan fingerprint density at radius 2 is 1.25 bits per heavy atom. The number of ether oxygens (including phenoxy) is 2. The molecule has 2 fully saturated rings. The van der Waals surface area contributed by atoms with Gasteiger partial charge in [0.2, 0.25) is 7.37 Å². The quantitative estimate of drug-likeness (QED) is 0.110. The minimum absolute atomic E-state index is 0.0399. The van der Waals surface area contributed by atoms with Crippen LogP contribution in [0.4, 0.5) is 0 Å². The number of carbonyl (C=O) groups excluding carboxylic acids is 3. The van der Waals surface area contributed by atoms with E-state index in [9.17, 15) is 18.9 Å². The van der Waals surface area contributed by atoms with Crippen LogP contribution in [0.3, 0.4) is 0 Å². The maximum absolute atomic E-state index is 11.2. The highest BCUT2D eigenvalue weighted by Gasteiger charge is 2.23. The summed E-state index contributed by atoms with van der Waals surface area (Å²) in [4.78, 5) is 32.2. The zero-order chi connectivity index (χ0) is 39.4. The minimum Gasteiger partial charge on any atom is -0.493 e. The average molecular weight is 1070 g/mol. The lowest BCUT2D eigenvalue weighted by atomic mass is 10.1. The third-order valence-electron chi connectivity index (χ3n) is 5.96. The maximum atomic E-state index is 11.2. The van der Waals surface area contributed by atoms with Crippen LogP contribution in [0.2, 0.25) is 0 Å². The van der Waals surface area contributed by atoms with Gasteiger partial charge in [-0.1, -0.05) is 31.9 Å². The van der Waals surface area contributed by atoms with E-state index in [1.54, 1.807) is 32.1 Å². The number of benzene rings is 2. The first kappa shape index (κ1) is 52.4. The summed E-state index contributed by atoms with van der Waals surface area (Å²) < 4.78 is 29.3. The van der Waals surface area contributed by atoms with Gasteiger partial charge in [0.15, 0.2) is 12.1 Å². The number of rotatable bonds is 13. The van der Waals surface area contributed by atoms with Crippen molar-refractivity contribution >= 4 is 170 Å². The molecule has 0 saturated heterocycles. The smallest absolute Gasteiger partial charge is 0.207 e. The van der Waals surface area contributed by atoms with E-state index < -0.39 is 7.37 Å². The lowest BCUT2D eigenvalue weighted by Gasteiger charge is -2.09. The molecule has 0 heterocycles. The molecular weight excluding hydrogens is 1030 g/mol. The summed E-state index contributed by atoms with van der Waals surface area (Å²) in [6.07, 6.45) is 9.30. The minimum atomic E-state index is -2.60. The number of hydrogen-bond donors (Lipinski definition) is 0. The molecular formula is C31H39Br2O7PS11. The molecule has 2 saturated carbocycles. The molecule has 0 amide bonds. The Morgan fingerprint density at radius 3 is 1.60 bits per heavy atom. The summed E-state index contributed by atoms with van der Waals surface area (Å²) in [7, 11) is 6.98. The van der Waals surface area contributed by atoms with E-state index in [-0.39, 0.29) is 17.7 Å². The summed E-state index contributed by atoms with van der Waals surface area (Å²) >= 11 is 24.7. The van der Waals surface area contributed by atoms with Gasteiger partial charge in [0.25, 0.3) is 0 Å². The SMILES string of the molecule is CC(=O)/C=C/c1cc(Br)ccc1OCC1CC1.CCOP(C)(=O)CC(C)=O.O=Cc1cc(Br)ccc1OCC1CC1.S=S=S=S=S.S=S=S=S=S=S. The Bertz CT molecular complexity index is 1820. The van der Waals surface area contributed by atoms with Gasteiger partial charge >= 0.3 is 0 Å². The van der Waals surface area contributed by atoms with E-state index in [1.807, 2.05) is 30.3 Å². The molecule has 0 N–H and O–H groups in total. The van der Waals surface area contributed by atoms with Crippen molar-refractivity contribution in [1.29, 1.82) is 0 Å². The normalized spacial score (nSPS) is 13.4. The third-order valence-corrected chi connectivity index (χ3v) is 19.9. The van der Waals surface area contributed by atoms with Crippen molar-refractivity contribution in [2.45, 2.75) is 46.5 Å². The second-order valence-corrected chi connectivity index (χ2v) is 27.5. The predicted octanol–water partition coefficient (Wildman–Crippen LogP) is 8.38. The van der Waals surface area contributed by atoms with Crippen molar-refractivity contribution in [1.82, 2.24) is 0 Å². The average Bonchev–Trinajstić information content (AvgIpc) is 4.03. The number of carbonyl (C=O) groups is 3. The molecule has 21 heteroatoms. The van der Waals surface area contributed by atoms with Gasteiger partial charge in [0.1, 0.15) is 17.3 Å². The molecule has 0 spiro atoms. The topological polar surface area (TPSA) is 96.0 Å². The van der Waals surface area contributed by atoms with Crippen molar-refractivity contribution in [3.63, 3.8) is 0 Å². The highest BCUT2D eigenvalue weighted by Crippen LogP contribution is 2.41. The molecule has 290 valence electrons. The van der Waals surface area contributed by atoms with Crippen LogP contribution in [0.5, 0.6) is 11.5 Å². The molecule has 4 rings (SSSR count). The Hall–Kier alpha value is 0.360. The van der Waals surface area contributed by atoms with Gasteiger partial charge in [-0.15, -0.1) is 0 Å². The highest BCUT2D eigenvalue weighted by molar-refractivity contribution is 9.10. The van der Waals surface area contributed by atoms with Gasteiger partial charge < -0.3 is 14.0 Å². The van der Waals surface area contributed by atoms with Gasteiger partial charge in [0, 0.05) is 128 Å². The number of ketones is 2. The van der Waals surface area contributed by atoms with Crippen molar-refractivity contribution in [3.8, 4) is 11.5 Å². The fourth-order valence-corrected chi connectivity index (χ4v) is 13.9. The van der Waals surface area contributed by atoms with E-state index in [0.29, 0.717) is 23.8 Å². The predicted molar refractivity (Wildman–Crippen MR) is 252 cm³/mol. The molecule has 2 aromatic carbocycles. The van der Waals surface area contributed by atoms with Gasteiger partial charge in [-0.2, -0.15) is 0 Å². The zero-order valence-electron chi connectivity index (χ0n) is 28.6. The summed E-state index contributed by atoms with van der Waals surface area (Å²) in [5.74, 6) is 2.92. The first-order valence-corrected chi connectivity index (χ1v) is 31.0. The number of hydrogen-bond acceptors (Lipinski definition) is 11. The molecule has 1 atom stereocenters. The first-order valence-electron chi connectivity index (χ1n) is 15.1. The monoisotopic (exact) mass is 1060 g/mol. The van der Waals surface area contributed by atoms with Gasteiger partial charge in [-0.3, -0.25) is 18.9 Å². The largest absolute Gasteiger partial charge is 0.493 e. The highest BCUT2D eigenvalue weighted by atomic mass is 79.9. The van der Waals surface area contributed by atoms with Crippen LogP contribution in [-0.2, 0) is 126 Å². The fourth-order valence-electron chi connectivity index (χ4n) is 3.47. The summed E-state index contributed by atoms with van der Waals surface area (Å²) in [5, 5.41) is 0. The van der Waals surface area contributed by atoms with Crippen LogP contribution in [0.1, 0.15) is 62.4 Å². The van der Waals surface area contributed by atoms with Crippen LogP contribution in [-0.4, -0.2) is 50.5 Å². The molecule has 2 aliphatic carbocycles. The molecule has 0 bridgehead atoms. The fraction of sp³-hybridized carbons (Fsp3) is 0.452. The molecule has 52 heavy (non-hydrogen) atoms. The summed E-state index contributed by atoms with van der Waals surface area (Å²) in [6, 6.07) is 11.3. The number of Topliss-reactive ketones (excluding diaryl/α,β-unsaturated/α-hetero) is 1. The van der Waals surface area contributed by atoms with E-state index in [2.05, 4.69) is 76.6 Å². The van der Waals surface area contributed by atoms with Gasteiger partial charge in [-0.25, -0.2) is 0 Å². The van der Waals surface area contributed by atoms with Crippen LogP contribution in [0, 0.1) is 11.8 Å². The van der Waals surface area contributed by atoms with Crippen molar-refractivity contribution in [2.75, 3.05) is 32.6 Å². The second-order valence-electron chi connectivity index (χ2n) is 10.7. The van der Waals surface area contributed by atoms with Crippen molar-refractivity contribution < 1.29 is 32.9 Å². The Kier molecular flexibility index (Phi) is 32.7. The van der Waals surface area contributed by atoms with Crippen molar-refractivity contribution in [3.05, 3.63) is 62.5 Å². The van der Waals surface area contributed by atoms with E-state index in [4.69, 9.17) is 14.0 Å². The molecule has 2 aromatic rings. The lowest BCUT2D eigenvalue weighted by molar-refractivity contribution is -0.115. The van der Waals surface area contributed by atoms with Crippen molar-refractivity contribution in [2.24, 2.45) is 11.8 Å². The number of halogens is 2. The summed E-state index contributed by atoms with van der Waals surface area (Å²) in [6.45, 7) is 8.12. The Labute approximate surface area is 363 Å². The molecule has 0 aliphatic heterocycles. The van der Waals surface area contributed by atoms with Crippen LogP contribution < -0.4 is 9.47 Å². The number of allylic oxidation sites excluding steroid dienone is 1. The second kappa shape index (κ2) is 32.4. The molecule has 2 aliphatic rings. The third kappa shape index (κ3) is 30.6. The Morgan fingerprint density at radius 1 is 0.808 bits per heavy atom. The van der Waals surface area contributed by atoms with Crippen LogP contribution >= 0.6 is 39.2 Å². The standard InChI is InChI=1S/C14H15BrO2.C11H11BrO2.C6H13O3P.S6.S5/c1-10(16)2-5-12-8-13(15)6-7-14(12)17-9-11-3-4-11;12-10-3-4-11(9(5-10)6-13)14-7-8-1-2-8;1-4-9-10(3,8)5-6(2)7;1-3-5-6-4-2;1-3-5-4-2/h2,5-8,11H,3-4,9H2,1H3;3-6,8H,1-2,7H2;4-5H2,1-3H3;;/b5-2+;;;;. The number of aldehydes is 1. The lowest BCUT2D eigenvalue weighted by Crippen LogP contribution is -2.01. The first-order chi connectivity index (χ1) is 24.7. The maximum Gasteiger partial charge on any atom is 0.207 e. The molecule has 7 nitrogen and oxygen atoms in total. The van der Waals surface area contributed by atoms with E-state index in [0.717, 1.165) is 45.7 Å². The molecule has 0 aromatic heterocycles. The van der Waals surface area contributed by atoms with E-state index >= 15 is 0 Å². The van der Waals surface area contributed by atoms with Gasteiger partial charge in [-0.05, 0) is 107 Å². The van der Waals surface area contributed by atoms with E-state index in [1.165, 1.54) is 101 Å². The van der Waals surface area contributed by atoms with Crippen LogP contribution in [0.25, 0.3) is 6.08 Å². The van der Waals surface area contributed by atoms with Gasteiger partial charge in [0.05, 0.1) is 31.5 Å². The Balaban J connectivity index is 0.000000672. The van der Waals surface area contributed by atoms with Crippen LogP contribution in [0.15, 0.2) is 51.4 Å².